The van der Waals surface area contributed by atoms with Crippen LogP contribution in [0, 0.1) is 13.8 Å². The van der Waals surface area contributed by atoms with E-state index in [2.05, 4.69) is 22.3 Å². The summed E-state index contributed by atoms with van der Waals surface area (Å²) >= 11 is 1.43. The molecule has 2 heterocycles. The van der Waals surface area contributed by atoms with Crippen molar-refractivity contribution in [2.45, 2.75) is 20.8 Å². The zero-order chi connectivity index (χ0) is 20.1. The number of thiophene rings is 1. The smallest absolute Gasteiger partial charge is 0.341 e. The van der Waals surface area contributed by atoms with Crippen LogP contribution >= 0.6 is 11.3 Å². The second-order valence-electron chi connectivity index (χ2n) is 7.01. The number of hydrogen-bond donors (Lipinski definition) is 2. The number of rotatable bonds is 6. The molecule has 0 saturated carbocycles. The van der Waals surface area contributed by atoms with E-state index >= 15 is 0 Å². The second kappa shape index (κ2) is 9.21. The number of hydrogen-bond acceptors (Lipinski definition) is 5. The van der Waals surface area contributed by atoms with Gasteiger partial charge in [0.1, 0.15) is 5.00 Å². The molecule has 1 amide bonds. The normalized spacial score (nSPS) is 14.8. The summed E-state index contributed by atoms with van der Waals surface area (Å²) in [7, 11) is 0. The minimum atomic E-state index is -0.372. The number of anilines is 2. The lowest BCUT2D eigenvalue weighted by Gasteiger charge is -2.33. The van der Waals surface area contributed by atoms with Crippen LogP contribution in [-0.4, -0.2) is 51.2 Å². The summed E-state index contributed by atoms with van der Waals surface area (Å²) in [5, 5.41) is 3.54. The lowest BCUT2D eigenvalue weighted by molar-refractivity contribution is -0.892. The predicted octanol–water partition coefficient (Wildman–Crippen LogP) is 1.89. The van der Waals surface area contributed by atoms with Crippen LogP contribution in [0.4, 0.5) is 10.7 Å². The van der Waals surface area contributed by atoms with Gasteiger partial charge in [0, 0.05) is 10.6 Å². The van der Waals surface area contributed by atoms with Crippen molar-refractivity contribution in [3.05, 3.63) is 46.3 Å². The van der Waals surface area contributed by atoms with Crippen molar-refractivity contribution < 1.29 is 19.2 Å². The number of benzene rings is 1. The molecule has 1 fully saturated rings. The highest BCUT2D eigenvalue weighted by Crippen LogP contribution is 2.32. The number of amides is 1. The Labute approximate surface area is 170 Å². The largest absolute Gasteiger partial charge is 0.462 e. The molecule has 3 rings (SSSR count). The van der Waals surface area contributed by atoms with E-state index in [0.29, 0.717) is 23.7 Å². The maximum atomic E-state index is 12.6. The molecule has 0 radical (unpaired) electrons. The third kappa shape index (κ3) is 4.72. The molecule has 150 valence electrons. The number of carbonyl (C=O) groups excluding carboxylic acids is 2. The molecule has 6 nitrogen and oxygen atoms in total. The Kier molecular flexibility index (Phi) is 6.70. The van der Waals surface area contributed by atoms with E-state index < -0.39 is 0 Å². The van der Waals surface area contributed by atoms with Gasteiger partial charge in [0.15, 0.2) is 6.54 Å². The molecule has 0 spiro atoms. The van der Waals surface area contributed by atoms with Crippen molar-refractivity contribution in [1.29, 1.82) is 0 Å². The Morgan fingerprint density at radius 1 is 1.18 bits per heavy atom. The standard InChI is InChI=1S/C21H27N3O3S/c1-4-27-21(26)19-15(2)16(3)28-20(19)22-18(25)14-23-10-12-24(13-11-23)17-8-6-5-7-9-17/h5-9H,4,10-14H2,1-3H3,(H,22,25)/p+1. The molecule has 0 unspecified atom stereocenters. The van der Waals surface area contributed by atoms with Crippen molar-refractivity contribution >= 4 is 33.9 Å². The Bertz CT molecular complexity index is 827. The zero-order valence-corrected chi connectivity index (χ0v) is 17.5. The molecule has 0 bridgehead atoms. The molecule has 1 aliphatic rings. The van der Waals surface area contributed by atoms with E-state index in [1.54, 1.807) is 6.92 Å². The Balaban J connectivity index is 1.57. The topological polar surface area (TPSA) is 63.1 Å². The van der Waals surface area contributed by atoms with Crippen LogP contribution in [0.15, 0.2) is 30.3 Å². The van der Waals surface area contributed by atoms with Gasteiger partial charge in [-0.2, -0.15) is 0 Å². The van der Waals surface area contributed by atoms with Crippen molar-refractivity contribution in [3.8, 4) is 0 Å². The summed E-state index contributed by atoms with van der Waals surface area (Å²) in [4.78, 5) is 29.5. The first-order valence-corrected chi connectivity index (χ1v) is 10.5. The van der Waals surface area contributed by atoms with Gasteiger partial charge in [0.25, 0.3) is 5.91 Å². The number of esters is 1. The maximum absolute atomic E-state index is 12.6. The fraction of sp³-hybridized carbons (Fsp3) is 0.429. The van der Waals surface area contributed by atoms with Gasteiger partial charge in [-0.1, -0.05) is 18.2 Å². The van der Waals surface area contributed by atoms with Gasteiger partial charge in [-0.15, -0.1) is 11.3 Å². The first-order chi connectivity index (χ1) is 13.5. The molecule has 2 aromatic rings. The van der Waals surface area contributed by atoms with Gasteiger partial charge in [0.05, 0.1) is 38.3 Å². The number of ether oxygens (including phenoxy) is 1. The first kappa shape index (κ1) is 20.4. The molecular formula is C21H28N3O3S+. The quantitative estimate of drug-likeness (QED) is 0.725. The number of nitrogens with one attached hydrogen (secondary N) is 2. The minimum absolute atomic E-state index is 0.0602. The number of nitrogens with zero attached hydrogens (tertiary/aromatic N) is 1. The van der Waals surface area contributed by atoms with Gasteiger partial charge >= 0.3 is 5.97 Å². The van der Waals surface area contributed by atoms with Crippen molar-refractivity contribution in [2.24, 2.45) is 0 Å². The summed E-state index contributed by atoms with van der Waals surface area (Å²) in [5.41, 5.74) is 2.60. The van der Waals surface area contributed by atoms with Crippen LogP contribution in [0.3, 0.4) is 0 Å². The molecule has 0 aliphatic carbocycles. The van der Waals surface area contributed by atoms with Crippen LogP contribution in [0.1, 0.15) is 27.7 Å². The maximum Gasteiger partial charge on any atom is 0.341 e. The molecule has 1 aliphatic heterocycles. The van der Waals surface area contributed by atoms with Gasteiger partial charge in [-0.05, 0) is 38.5 Å². The van der Waals surface area contributed by atoms with E-state index in [-0.39, 0.29) is 11.9 Å². The highest BCUT2D eigenvalue weighted by molar-refractivity contribution is 7.16. The lowest BCUT2D eigenvalue weighted by Crippen LogP contribution is -3.15. The lowest BCUT2D eigenvalue weighted by atomic mass is 10.1. The van der Waals surface area contributed by atoms with Crippen LogP contribution in [0.25, 0.3) is 0 Å². The molecule has 1 aromatic heterocycles. The summed E-state index contributed by atoms with van der Waals surface area (Å²) in [6.07, 6.45) is 0. The monoisotopic (exact) mass is 402 g/mol. The minimum Gasteiger partial charge on any atom is -0.462 e. The Hall–Kier alpha value is -2.38. The fourth-order valence-corrected chi connectivity index (χ4v) is 4.52. The van der Waals surface area contributed by atoms with Crippen molar-refractivity contribution in [3.63, 3.8) is 0 Å². The summed E-state index contributed by atoms with van der Waals surface area (Å²) in [6, 6.07) is 10.4. The highest BCUT2D eigenvalue weighted by Gasteiger charge is 2.25. The molecule has 1 aromatic carbocycles. The van der Waals surface area contributed by atoms with E-state index in [1.807, 2.05) is 32.0 Å². The van der Waals surface area contributed by atoms with E-state index in [9.17, 15) is 9.59 Å². The average Bonchev–Trinajstić information content (AvgIpc) is 2.96. The molecule has 7 heteroatoms. The molecule has 2 N–H and O–H groups in total. The molecular weight excluding hydrogens is 374 g/mol. The summed E-state index contributed by atoms with van der Waals surface area (Å²) < 4.78 is 5.15. The number of quaternary nitrogens is 1. The Morgan fingerprint density at radius 3 is 2.50 bits per heavy atom. The third-order valence-corrected chi connectivity index (χ3v) is 6.24. The first-order valence-electron chi connectivity index (χ1n) is 9.70. The summed E-state index contributed by atoms with van der Waals surface area (Å²) in [6.45, 7) is 10.0. The molecule has 1 saturated heterocycles. The van der Waals surface area contributed by atoms with Gasteiger partial charge < -0.3 is 19.9 Å². The van der Waals surface area contributed by atoms with Gasteiger partial charge in [0.2, 0.25) is 0 Å². The van der Waals surface area contributed by atoms with E-state index in [4.69, 9.17) is 4.74 Å². The molecule has 28 heavy (non-hydrogen) atoms. The number of carbonyl (C=O) groups is 2. The van der Waals surface area contributed by atoms with Crippen LogP contribution < -0.4 is 15.1 Å². The van der Waals surface area contributed by atoms with Crippen LogP contribution in [0.5, 0.6) is 0 Å². The van der Waals surface area contributed by atoms with Crippen molar-refractivity contribution in [2.75, 3.05) is 49.5 Å². The van der Waals surface area contributed by atoms with E-state index in [1.165, 1.54) is 21.9 Å². The van der Waals surface area contributed by atoms with Crippen LogP contribution in [0.2, 0.25) is 0 Å². The predicted molar refractivity (Wildman–Crippen MR) is 113 cm³/mol. The number of aryl methyl sites for hydroxylation is 1. The Morgan fingerprint density at radius 2 is 1.86 bits per heavy atom. The zero-order valence-electron chi connectivity index (χ0n) is 16.7. The number of piperazine rings is 1. The highest BCUT2D eigenvalue weighted by atomic mass is 32.1. The van der Waals surface area contributed by atoms with Gasteiger partial charge in [-0.25, -0.2) is 4.79 Å². The van der Waals surface area contributed by atoms with Crippen LogP contribution in [-0.2, 0) is 9.53 Å². The second-order valence-corrected chi connectivity index (χ2v) is 8.23. The fourth-order valence-electron chi connectivity index (χ4n) is 3.46. The SMILES string of the molecule is CCOC(=O)c1c(NC(=O)C[NH+]2CCN(c3ccccc3)CC2)sc(C)c1C. The van der Waals surface area contributed by atoms with Gasteiger partial charge in [-0.3, -0.25) is 4.79 Å². The third-order valence-electron chi connectivity index (χ3n) is 5.12. The van der Waals surface area contributed by atoms with Crippen molar-refractivity contribution in [1.82, 2.24) is 0 Å². The van der Waals surface area contributed by atoms with E-state index in [0.717, 1.165) is 36.6 Å². The number of para-hydroxylation sites is 1. The summed E-state index contributed by atoms with van der Waals surface area (Å²) in [5.74, 6) is -0.432. The molecule has 0 atom stereocenters. The average molecular weight is 403 g/mol.